The zero-order valence-corrected chi connectivity index (χ0v) is 13.6. The lowest BCUT2D eigenvalue weighted by molar-refractivity contribution is -0.132. The molecule has 1 aromatic carbocycles. The number of carbonyl (C=O) groups excluding carboxylic acids is 2. The Morgan fingerprint density at radius 2 is 1.90 bits per heavy atom. The number of halogens is 2. The van der Waals surface area contributed by atoms with Gasteiger partial charge in [-0.1, -0.05) is 23.2 Å². The minimum absolute atomic E-state index is 0.248. The predicted octanol–water partition coefficient (Wildman–Crippen LogP) is 2.40. The van der Waals surface area contributed by atoms with Gasteiger partial charge in [0.15, 0.2) is 6.10 Å². The van der Waals surface area contributed by atoms with E-state index in [-0.39, 0.29) is 5.91 Å². The third-order valence-corrected chi connectivity index (χ3v) is 3.20. The standard InChI is InChI=1S/C14H18Cl2N2O3/c1-4-17-13(19)8(2)18-14(20)9(3)21-12-6-5-10(15)7-11(12)16/h5-9H,4H2,1-3H3,(H,17,19)(H,18,20)/t8-,9-/m0/s1. The highest BCUT2D eigenvalue weighted by Crippen LogP contribution is 2.28. The van der Waals surface area contributed by atoms with E-state index in [1.165, 1.54) is 6.07 Å². The van der Waals surface area contributed by atoms with Crippen LogP contribution in [0.4, 0.5) is 0 Å². The largest absolute Gasteiger partial charge is 0.479 e. The number of hydrogen-bond donors (Lipinski definition) is 2. The minimum atomic E-state index is -0.791. The Morgan fingerprint density at radius 3 is 2.48 bits per heavy atom. The van der Waals surface area contributed by atoms with Crippen molar-refractivity contribution in [1.29, 1.82) is 0 Å². The number of nitrogens with one attached hydrogen (secondary N) is 2. The average molecular weight is 333 g/mol. The Bertz CT molecular complexity index is 523. The lowest BCUT2D eigenvalue weighted by atomic mass is 10.2. The van der Waals surface area contributed by atoms with Crippen LogP contribution < -0.4 is 15.4 Å². The number of likely N-dealkylation sites (N-methyl/N-ethyl adjacent to an activating group) is 1. The molecule has 2 N–H and O–H groups in total. The van der Waals surface area contributed by atoms with Crippen LogP contribution in [-0.2, 0) is 9.59 Å². The van der Waals surface area contributed by atoms with E-state index in [2.05, 4.69) is 10.6 Å². The first-order chi connectivity index (χ1) is 9.85. The summed E-state index contributed by atoms with van der Waals surface area (Å²) in [5.41, 5.74) is 0. The summed E-state index contributed by atoms with van der Waals surface area (Å²) in [6, 6.07) is 4.09. The predicted molar refractivity (Wildman–Crippen MR) is 82.8 cm³/mol. The average Bonchev–Trinajstić information content (AvgIpc) is 2.41. The van der Waals surface area contributed by atoms with Gasteiger partial charge in [0.25, 0.3) is 5.91 Å². The molecule has 1 aromatic rings. The van der Waals surface area contributed by atoms with Crippen molar-refractivity contribution in [1.82, 2.24) is 10.6 Å². The smallest absolute Gasteiger partial charge is 0.261 e. The van der Waals surface area contributed by atoms with Gasteiger partial charge in [-0.3, -0.25) is 9.59 Å². The van der Waals surface area contributed by atoms with E-state index in [1.54, 1.807) is 32.9 Å². The molecule has 0 fully saturated rings. The summed E-state index contributed by atoms with van der Waals surface area (Å²) in [5.74, 6) is -0.295. The molecule has 0 aliphatic carbocycles. The number of hydrogen-bond acceptors (Lipinski definition) is 3. The Balaban J connectivity index is 2.60. The maximum atomic E-state index is 12.0. The van der Waals surface area contributed by atoms with E-state index in [0.29, 0.717) is 22.3 Å². The van der Waals surface area contributed by atoms with Crippen LogP contribution in [0.15, 0.2) is 18.2 Å². The van der Waals surface area contributed by atoms with Crippen molar-refractivity contribution in [2.24, 2.45) is 0 Å². The lowest BCUT2D eigenvalue weighted by Crippen LogP contribution is -2.48. The summed E-state index contributed by atoms with van der Waals surface area (Å²) >= 11 is 11.8. The van der Waals surface area contributed by atoms with Crippen molar-refractivity contribution in [3.8, 4) is 5.75 Å². The van der Waals surface area contributed by atoms with Crippen LogP contribution in [0, 0.1) is 0 Å². The van der Waals surface area contributed by atoms with Crippen molar-refractivity contribution in [3.63, 3.8) is 0 Å². The van der Waals surface area contributed by atoms with Crippen LogP contribution in [0.5, 0.6) is 5.75 Å². The second-order valence-corrected chi connectivity index (χ2v) is 5.30. The van der Waals surface area contributed by atoms with Crippen molar-refractivity contribution in [2.45, 2.75) is 32.9 Å². The molecular weight excluding hydrogens is 315 g/mol. The second-order valence-electron chi connectivity index (χ2n) is 4.46. The van der Waals surface area contributed by atoms with Crippen LogP contribution in [-0.4, -0.2) is 30.5 Å². The first-order valence-electron chi connectivity index (χ1n) is 6.55. The molecule has 5 nitrogen and oxygen atoms in total. The zero-order chi connectivity index (χ0) is 16.0. The van der Waals surface area contributed by atoms with Gasteiger partial charge in [0.1, 0.15) is 11.8 Å². The molecule has 0 spiro atoms. The monoisotopic (exact) mass is 332 g/mol. The van der Waals surface area contributed by atoms with Crippen molar-refractivity contribution in [2.75, 3.05) is 6.54 Å². The quantitative estimate of drug-likeness (QED) is 0.840. The molecule has 1 rings (SSSR count). The van der Waals surface area contributed by atoms with Gasteiger partial charge in [-0.25, -0.2) is 0 Å². The van der Waals surface area contributed by atoms with Crippen LogP contribution in [0.1, 0.15) is 20.8 Å². The molecule has 0 aromatic heterocycles. The first-order valence-corrected chi connectivity index (χ1v) is 7.30. The number of rotatable bonds is 6. The van der Waals surface area contributed by atoms with Gasteiger partial charge >= 0.3 is 0 Å². The highest BCUT2D eigenvalue weighted by molar-refractivity contribution is 6.35. The molecule has 0 unspecified atom stereocenters. The molecule has 2 amide bonds. The van der Waals surface area contributed by atoms with Gasteiger partial charge in [-0.15, -0.1) is 0 Å². The van der Waals surface area contributed by atoms with Gasteiger partial charge in [0.2, 0.25) is 5.91 Å². The second kappa shape index (κ2) is 8.10. The van der Waals surface area contributed by atoms with E-state index < -0.39 is 18.1 Å². The molecular formula is C14H18Cl2N2O3. The SMILES string of the molecule is CCNC(=O)[C@H](C)NC(=O)[C@H](C)Oc1ccc(Cl)cc1Cl. The van der Waals surface area contributed by atoms with E-state index in [0.717, 1.165) is 0 Å². The molecule has 21 heavy (non-hydrogen) atoms. The summed E-state index contributed by atoms with van der Waals surface area (Å²) < 4.78 is 5.47. The Hall–Kier alpha value is -1.46. The van der Waals surface area contributed by atoms with Gasteiger partial charge < -0.3 is 15.4 Å². The van der Waals surface area contributed by atoms with Gasteiger partial charge in [0, 0.05) is 11.6 Å². The van der Waals surface area contributed by atoms with E-state index in [1.807, 2.05) is 0 Å². The summed E-state index contributed by atoms with van der Waals surface area (Å²) in [4.78, 5) is 23.5. The summed E-state index contributed by atoms with van der Waals surface area (Å²) in [6.07, 6.45) is -0.791. The van der Waals surface area contributed by atoms with Crippen LogP contribution >= 0.6 is 23.2 Å². The Labute approximate surface area is 133 Å². The number of carbonyl (C=O) groups is 2. The molecule has 0 radical (unpaired) electrons. The lowest BCUT2D eigenvalue weighted by Gasteiger charge is -2.18. The molecule has 0 bridgehead atoms. The zero-order valence-electron chi connectivity index (χ0n) is 12.1. The highest BCUT2D eigenvalue weighted by Gasteiger charge is 2.21. The van der Waals surface area contributed by atoms with E-state index in [9.17, 15) is 9.59 Å². The summed E-state index contributed by atoms with van der Waals surface area (Å²) in [5, 5.41) is 5.99. The fourth-order valence-corrected chi connectivity index (χ4v) is 1.99. The third kappa shape index (κ3) is 5.44. The van der Waals surface area contributed by atoms with Gasteiger partial charge in [0.05, 0.1) is 5.02 Å². The van der Waals surface area contributed by atoms with Crippen molar-refractivity contribution in [3.05, 3.63) is 28.2 Å². The number of ether oxygens (including phenoxy) is 1. The van der Waals surface area contributed by atoms with Crippen LogP contribution in [0.3, 0.4) is 0 Å². The summed E-state index contributed by atoms with van der Waals surface area (Å²) in [7, 11) is 0. The molecule has 0 aliphatic rings. The van der Waals surface area contributed by atoms with Crippen molar-refractivity contribution >= 4 is 35.0 Å². The Kier molecular flexibility index (Phi) is 6.78. The maximum absolute atomic E-state index is 12.0. The van der Waals surface area contributed by atoms with Crippen molar-refractivity contribution < 1.29 is 14.3 Å². The summed E-state index contributed by atoms with van der Waals surface area (Å²) in [6.45, 7) is 5.49. The fourth-order valence-electron chi connectivity index (χ4n) is 1.54. The molecule has 116 valence electrons. The Morgan fingerprint density at radius 1 is 1.24 bits per heavy atom. The highest BCUT2D eigenvalue weighted by atomic mass is 35.5. The fraction of sp³-hybridized carbons (Fsp3) is 0.429. The van der Waals surface area contributed by atoms with E-state index >= 15 is 0 Å². The topological polar surface area (TPSA) is 67.4 Å². The normalized spacial score (nSPS) is 13.2. The molecule has 2 atom stereocenters. The molecule has 0 heterocycles. The molecule has 7 heteroatoms. The molecule has 0 saturated heterocycles. The van der Waals surface area contributed by atoms with Crippen LogP contribution in [0.25, 0.3) is 0 Å². The molecule has 0 aliphatic heterocycles. The minimum Gasteiger partial charge on any atom is -0.479 e. The third-order valence-electron chi connectivity index (χ3n) is 2.67. The number of amides is 2. The molecule has 0 saturated carbocycles. The van der Waals surface area contributed by atoms with Crippen LogP contribution in [0.2, 0.25) is 10.0 Å². The van der Waals surface area contributed by atoms with Gasteiger partial charge in [-0.2, -0.15) is 0 Å². The number of benzene rings is 1. The van der Waals surface area contributed by atoms with Gasteiger partial charge in [-0.05, 0) is 39.0 Å². The van der Waals surface area contributed by atoms with E-state index in [4.69, 9.17) is 27.9 Å². The first kappa shape index (κ1) is 17.6. The maximum Gasteiger partial charge on any atom is 0.261 e.